The lowest BCUT2D eigenvalue weighted by atomic mass is 9.94. The average molecular weight is 281 g/mol. The molecule has 112 valence electrons. The second-order valence-electron chi connectivity index (χ2n) is 6.31. The Morgan fingerprint density at radius 2 is 1.57 bits per heavy atom. The summed E-state index contributed by atoms with van der Waals surface area (Å²) >= 11 is 0. The predicted octanol–water partition coefficient (Wildman–Crippen LogP) is 4.70. The molecular weight excluding hydrogens is 254 g/mol. The van der Waals surface area contributed by atoms with E-state index >= 15 is 0 Å². The lowest BCUT2D eigenvalue weighted by molar-refractivity contribution is 0.589. The van der Waals surface area contributed by atoms with Gasteiger partial charge >= 0.3 is 0 Å². The van der Waals surface area contributed by atoms with Crippen molar-refractivity contribution >= 4 is 0 Å². The van der Waals surface area contributed by atoms with E-state index in [2.05, 4.69) is 74.6 Å². The molecule has 2 aromatic carbocycles. The van der Waals surface area contributed by atoms with E-state index in [1.165, 1.54) is 22.3 Å². The van der Waals surface area contributed by atoms with E-state index in [1.54, 1.807) is 0 Å². The van der Waals surface area contributed by atoms with Gasteiger partial charge in [-0.15, -0.1) is 0 Å². The number of hydrogen-bond acceptors (Lipinski definition) is 1. The van der Waals surface area contributed by atoms with Gasteiger partial charge in [0.1, 0.15) is 0 Å². The van der Waals surface area contributed by atoms with Gasteiger partial charge in [0.05, 0.1) is 0 Å². The highest BCUT2D eigenvalue weighted by atomic mass is 14.9. The number of rotatable bonds is 6. The fourth-order valence-corrected chi connectivity index (χ4v) is 2.80. The third kappa shape index (κ3) is 4.44. The summed E-state index contributed by atoms with van der Waals surface area (Å²) in [6.45, 7) is 6.72. The molecule has 0 aliphatic carbocycles. The topological polar surface area (TPSA) is 12.0 Å². The summed E-state index contributed by atoms with van der Waals surface area (Å²) in [5, 5.41) is 3.45. The minimum Gasteiger partial charge on any atom is -0.313 e. The molecule has 0 saturated carbocycles. The lowest BCUT2D eigenvalue weighted by Gasteiger charge is -2.18. The molecule has 0 saturated heterocycles. The normalized spacial score (nSPS) is 12.6. The van der Waals surface area contributed by atoms with Crippen LogP contribution in [0.4, 0.5) is 0 Å². The van der Waals surface area contributed by atoms with Crippen LogP contribution >= 0.6 is 0 Å². The number of aryl methyl sites for hydroxylation is 1. The molecule has 2 aromatic rings. The van der Waals surface area contributed by atoms with E-state index in [0.717, 1.165) is 12.8 Å². The Morgan fingerprint density at radius 3 is 2.14 bits per heavy atom. The monoisotopic (exact) mass is 281 g/mol. The van der Waals surface area contributed by atoms with Crippen LogP contribution in [0.25, 0.3) is 0 Å². The van der Waals surface area contributed by atoms with E-state index in [4.69, 9.17) is 0 Å². The van der Waals surface area contributed by atoms with Crippen molar-refractivity contribution in [3.8, 4) is 0 Å². The standard InChI is InChI=1S/C20H27N/c1-15(2)13-17-9-11-18(12-10-17)20(21-4)14-19-8-6-5-7-16(19)3/h5-12,15,20-21H,13-14H2,1-4H3. The highest BCUT2D eigenvalue weighted by Gasteiger charge is 2.11. The van der Waals surface area contributed by atoms with Crippen LogP contribution in [-0.2, 0) is 12.8 Å². The van der Waals surface area contributed by atoms with Crippen LogP contribution in [0.2, 0.25) is 0 Å². The fourth-order valence-electron chi connectivity index (χ4n) is 2.80. The molecule has 0 amide bonds. The molecule has 1 N–H and O–H groups in total. The van der Waals surface area contributed by atoms with Crippen LogP contribution in [0.15, 0.2) is 48.5 Å². The maximum absolute atomic E-state index is 3.45. The summed E-state index contributed by atoms with van der Waals surface area (Å²) in [7, 11) is 2.05. The first-order valence-corrected chi connectivity index (χ1v) is 7.90. The summed E-state index contributed by atoms with van der Waals surface area (Å²) in [5.41, 5.74) is 5.59. The smallest absolute Gasteiger partial charge is 0.0358 e. The Labute approximate surface area is 129 Å². The van der Waals surface area contributed by atoms with E-state index in [9.17, 15) is 0 Å². The first-order valence-electron chi connectivity index (χ1n) is 7.90. The van der Waals surface area contributed by atoms with Crippen molar-refractivity contribution < 1.29 is 0 Å². The number of benzene rings is 2. The number of nitrogens with one attached hydrogen (secondary N) is 1. The van der Waals surface area contributed by atoms with Gasteiger partial charge in [0.2, 0.25) is 0 Å². The Morgan fingerprint density at radius 1 is 0.905 bits per heavy atom. The predicted molar refractivity (Wildman–Crippen MR) is 91.7 cm³/mol. The molecule has 0 aliphatic rings. The fraction of sp³-hybridized carbons (Fsp3) is 0.400. The van der Waals surface area contributed by atoms with Crippen molar-refractivity contribution in [1.82, 2.24) is 5.32 Å². The van der Waals surface area contributed by atoms with Crippen LogP contribution < -0.4 is 5.32 Å². The number of likely N-dealkylation sites (N-methyl/N-ethyl adjacent to an activating group) is 1. The third-order valence-corrected chi connectivity index (χ3v) is 4.06. The van der Waals surface area contributed by atoms with Crippen LogP contribution in [0.5, 0.6) is 0 Å². The maximum Gasteiger partial charge on any atom is 0.0358 e. The highest BCUT2D eigenvalue weighted by molar-refractivity contribution is 5.30. The van der Waals surface area contributed by atoms with Crippen molar-refractivity contribution in [2.75, 3.05) is 7.05 Å². The van der Waals surface area contributed by atoms with Crippen LogP contribution in [0, 0.1) is 12.8 Å². The molecule has 0 heterocycles. The third-order valence-electron chi connectivity index (χ3n) is 4.06. The van der Waals surface area contributed by atoms with Gasteiger partial charge in [-0.05, 0) is 55.0 Å². The highest BCUT2D eigenvalue weighted by Crippen LogP contribution is 2.21. The zero-order valence-corrected chi connectivity index (χ0v) is 13.7. The quantitative estimate of drug-likeness (QED) is 0.809. The first-order chi connectivity index (χ1) is 10.1. The lowest BCUT2D eigenvalue weighted by Crippen LogP contribution is -2.19. The molecule has 1 unspecified atom stereocenters. The van der Waals surface area contributed by atoms with Crippen LogP contribution in [0.1, 0.15) is 42.1 Å². The maximum atomic E-state index is 3.45. The van der Waals surface area contributed by atoms with Crippen molar-refractivity contribution in [2.45, 2.75) is 39.7 Å². The van der Waals surface area contributed by atoms with Gasteiger partial charge < -0.3 is 5.32 Å². The van der Waals surface area contributed by atoms with Crippen molar-refractivity contribution in [2.24, 2.45) is 5.92 Å². The SMILES string of the molecule is CNC(Cc1ccccc1C)c1ccc(CC(C)C)cc1. The molecule has 0 aliphatic heterocycles. The largest absolute Gasteiger partial charge is 0.313 e. The molecule has 0 bridgehead atoms. The second-order valence-corrected chi connectivity index (χ2v) is 6.31. The molecule has 0 aromatic heterocycles. The van der Waals surface area contributed by atoms with Crippen molar-refractivity contribution in [3.05, 3.63) is 70.8 Å². The Bertz CT molecular complexity index is 554. The molecule has 21 heavy (non-hydrogen) atoms. The van der Waals surface area contributed by atoms with E-state index in [1.807, 2.05) is 7.05 Å². The van der Waals surface area contributed by atoms with Gasteiger partial charge in [0.25, 0.3) is 0 Å². The summed E-state index contributed by atoms with van der Waals surface area (Å²) in [6, 6.07) is 18.1. The van der Waals surface area contributed by atoms with Gasteiger partial charge in [-0.1, -0.05) is 62.4 Å². The first kappa shape index (κ1) is 15.8. The zero-order valence-electron chi connectivity index (χ0n) is 13.7. The van der Waals surface area contributed by atoms with E-state index in [-0.39, 0.29) is 0 Å². The Kier molecular flexibility index (Phi) is 5.58. The molecule has 1 atom stereocenters. The summed E-state index contributed by atoms with van der Waals surface area (Å²) in [6.07, 6.45) is 2.19. The number of hydrogen-bond donors (Lipinski definition) is 1. The van der Waals surface area contributed by atoms with Gasteiger partial charge in [-0.3, -0.25) is 0 Å². The van der Waals surface area contributed by atoms with Crippen molar-refractivity contribution in [1.29, 1.82) is 0 Å². The minimum absolute atomic E-state index is 0.374. The Balaban J connectivity index is 2.12. The molecule has 0 spiro atoms. The van der Waals surface area contributed by atoms with Crippen LogP contribution in [-0.4, -0.2) is 7.05 Å². The molecule has 2 rings (SSSR count). The van der Waals surface area contributed by atoms with Gasteiger partial charge in [0, 0.05) is 6.04 Å². The van der Waals surface area contributed by atoms with E-state index < -0.39 is 0 Å². The van der Waals surface area contributed by atoms with E-state index in [0.29, 0.717) is 12.0 Å². The van der Waals surface area contributed by atoms with Gasteiger partial charge in [0.15, 0.2) is 0 Å². The summed E-state index contributed by atoms with van der Waals surface area (Å²) in [5.74, 6) is 0.711. The Hall–Kier alpha value is -1.60. The summed E-state index contributed by atoms with van der Waals surface area (Å²) < 4.78 is 0. The minimum atomic E-state index is 0.374. The van der Waals surface area contributed by atoms with Crippen LogP contribution in [0.3, 0.4) is 0 Å². The molecular formula is C20H27N. The van der Waals surface area contributed by atoms with Crippen molar-refractivity contribution in [3.63, 3.8) is 0 Å². The molecule has 1 nitrogen and oxygen atoms in total. The molecule has 0 radical (unpaired) electrons. The molecule has 1 heteroatoms. The van der Waals surface area contributed by atoms with Gasteiger partial charge in [-0.25, -0.2) is 0 Å². The summed E-state index contributed by atoms with van der Waals surface area (Å²) in [4.78, 5) is 0. The second kappa shape index (κ2) is 7.42. The molecule has 0 fully saturated rings. The zero-order chi connectivity index (χ0) is 15.2. The average Bonchev–Trinajstić information content (AvgIpc) is 2.47. The van der Waals surface area contributed by atoms with Gasteiger partial charge in [-0.2, -0.15) is 0 Å².